The van der Waals surface area contributed by atoms with E-state index in [1.807, 2.05) is 13.8 Å². The summed E-state index contributed by atoms with van der Waals surface area (Å²) in [7, 11) is 0. The predicted molar refractivity (Wildman–Crippen MR) is 66.5 cm³/mol. The van der Waals surface area contributed by atoms with Crippen molar-refractivity contribution in [3.8, 4) is 0 Å². The van der Waals surface area contributed by atoms with Crippen molar-refractivity contribution in [1.82, 2.24) is 5.32 Å². The van der Waals surface area contributed by atoms with E-state index in [2.05, 4.69) is 5.32 Å². The summed E-state index contributed by atoms with van der Waals surface area (Å²) in [5.74, 6) is -0.625. The molecule has 3 nitrogen and oxygen atoms in total. The zero-order chi connectivity index (χ0) is 13.1. The summed E-state index contributed by atoms with van der Waals surface area (Å²) >= 11 is 0. The Hall–Kier alpha value is -1.42. The van der Waals surface area contributed by atoms with Gasteiger partial charge < -0.3 is 10.1 Å². The number of nitrogens with one attached hydrogen (secondary N) is 1. The van der Waals surface area contributed by atoms with E-state index in [4.69, 9.17) is 4.74 Å². The average Bonchev–Trinajstić information content (AvgIpc) is 2.78. The Labute approximate surface area is 106 Å². The number of benzene rings is 1. The van der Waals surface area contributed by atoms with Gasteiger partial charge in [-0.05, 0) is 44.5 Å². The fourth-order valence-electron chi connectivity index (χ4n) is 2.30. The standard InChI is InChI=1S/C14H18FNO2/c1-9(2)18-14(17)12-7-8-16-13(12)10-3-5-11(15)6-4-10/h3-6,9,12-13,16H,7-8H2,1-2H3/t12-,13?/m1/s1. The van der Waals surface area contributed by atoms with Gasteiger partial charge in [0.25, 0.3) is 0 Å². The first-order chi connectivity index (χ1) is 8.58. The van der Waals surface area contributed by atoms with Crippen molar-refractivity contribution < 1.29 is 13.9 Å². The van der Waals surface area contributed by atoms with Gasteiger partial charge in [0.05, 0.1) is 12.0 Å². The molecule has 0 spiro atoms. The summed E-state index contributed by atoms with van der Waals surface area (Å²) < 4.78 is 18.1. The number of carbonyl (C=O) groups is 1. The summed E-state index contributed by atoms with van der Waals surface area (Å²) in [6.45, 7) is 4.46. The number of ether oxygens (including phenoxy) is 1. The number of esters is 1. The Balaban J connectivity index is 2.12. The summed E-state index contributed by atoms with van der Waals surface area (Å²) in [5.41, 5.74) is 0.930. The van der Waals surface area contributed by atoms with Crippen molar-refractivity contribution in [3.05, 3.63) is 35.6 Å². The molecule has 0 amide bonds. The van der Waals surface area contributed by atoms with Gasteiger partial charge in [-0.15, -0.1) is 0 Å². The molecule has 4 heteroatoms. The minimum atomic E-state index is -0.266. The molecule has 1 aromatic rings. The van der Waals surface area contributed by atoms with Gasteiger partial charge in [0.15, 0.2) is 0 Å². The lowest BCUT2D eigenvalue weighted by Crippen LogP contribution is -2.27. The van der Waals surface area contributed by atoms with E-state index in [0.717, 1.165) is 18.5 Å². The highest BCUT2D eigenvalue weighted by Gasteiger charge is 2.35. The third-order valence-electron chi connectivity index (χ3n) is 3.11. The summed E-state index contributed by atoms with van der Waals surface area (Å²) in [6, 6.07) is 6.19. The Morgan fingerprint density at radius 2 is 2.06 bits per heavy atom. The van der Waals surface area contributed by atoms with E-state index in [1.165, 1.54) is 12.1 Å². The molecular weight excluding hydrogens is 233 g/mol. The highest BCUT2D eigenvalue weighted by Crippen LogP contribution is 2.30. The van der Waals surface area contributed by atoms with Gasteiger partial charge in [-0.3, -0.25) is 4.79 Å². The SMILES string of the molecule is CC(C)OC(=O)[C@@H]1CCNC1c1ccc(F)cc1. The summed E-state index contributed by atoms with van der Waals surface area (Å²) in [5, 5.41) is 3.27. The normalized spacial score (nSPS) is 23.3. The van der Waals surface area contributed by atoms with Gasteiger partial charge in [-0.25, -0.2) is 4.39 Å². The Morgan fingerprint density at radius 3 is 2.67 bits per heavy atom. The van der Waals surface area contributed by atoms with Gasteiger partial charge in [0, 0.05) is 6.04 Å². The molecule has 1 aliphatic rings. The molecule has 0 bridgehead atoms. The van der Waals surface area contributed by atoms with Gasteiger partial charge in [0.1, 0.15) is 5.82 Å². The van der Waals surface area contributed by atoms with E-state index < -0.39 is 0 Å². The maximum atomic E-state index is 12.9. The molecule has 1 unspecified atom stereocenters. The van der Waals surface area contributed by atoms with E-state index in [1.54, 1.807) is 12.1 Å². The zero-order valence-electron chi connectivity index (χ0n) is 10.7. The van der Waals surface area contributed by atoms with Crippen LogP contribution in [0.15, 0.2) is 24.3 Å². The van der Waals surface area contributed by atoms with Crippen LogP contribution in [0.5, 0.6) is 0 Å². The van der Waals surface area contributed by atoms with Crippen LogP contribution >= 0.6 is 0 Å². The van der Waals surface area contributed by atoms with Crippen LogP contribution in [-0.4, -0.2) is 18.6 Å². The Kier molecular flexibility index (Phi) is 3.97. The third kappa shape index (κ3) is 2.88. The lowest BCUT2D eigenvalue weighted by Gasteiger charge is -2.20. The quantitative estimate of drug-likeness (QED) is 0.838. The van der Waals surface area contributed by atoms with Gasteiger partial charge in [-0.1, -0.05) is 12.1 Å². The molecule has 0 aliphatic carbocycles. The van der Waals surface area contributed by atoms with Crippen molar-refractivity contribution in [3.63, 3.8) is 0 Å². The first-order valence-corrected chi connectivity index (χ1v) is 6.27. The monoisotopic (exact) mass is 251 g/mol. The smallest absolute Gasteiger partial charge is 0.311 e. The molecule has 0 radical (unpaired) electrons. The minimum absolute atomic E-state index is 0.0724. The van der Waals surface area contributed by atoms with Crippen LogP contribution in [-0.2, 0) is 9.53 Å². The average molecular weight is 251 g/mol. The maximum absolute atomic E-state index is 12.9. The molecular formula is C14H18FNO2. The summed E-state index contributed by atoms with van der Waals surface area (Å²) in [4.78, 5) is 12.0. The highest BCUT2D eigenvalue weighted by molar-refractivity contribution is 5.74. The Morgan fingerprint density at radius 1 is 1.39 bits per heavy atom. The number of hydrogen-bond acceptors (Lipinski definition) is 3. The van der Waals surface area contributed by atoms with Crippen LogP contribution < -0.4 is 5.32 Å². The molecule has 2 rings (SSSR count). The van der Waals surface area contributed by atoms with E-state index in [-0.39, 0.29) is 29.9 Å². The first kappa shape index (κ1) is 13.0. The van der Waals surface area contributed by atoms with Crippen molar-refractivity contribution >= 4 is 5.97 Å². The van der Waals surface area contributed by atoms with Crippen molar-refractivity contribution in [2.45, 2.75) is 32.4 Å². The minimum Gasteiger partial charge on any atom is -0.463 e. The molecule has 1 aromatic carbocycles. The highest BCUT2D eigenvalue weighted by atomic mass is 19.1. The van der Waals surface area contributed by atoms with Crippen LogP contribution in [0.2, 0.25) is 0 Å². The molecule has 1 aliphatic heterocycles. The molecule has 0 aromatic heterocycles. The first-order valence-electron chi connectivity index (χ1n) is 6.27. The largest absolute Gasteiger partial charge is 0.463 e. The van der Waals surface area contributed by atoms with Crippen LogP contribution in [0.4, 0.5) is 4.39 Å². The van der Waals surface area contributed by atoms with Gasteiger partial charge in [-0.2, -0.15) is 0 Å². The third-order valence-corrected chi connectivity index (χ3v) is 3.11. The number of rotatable bonds is 3. The lowest BCUT2D eigenvalue weighted by atomic mass is 9.94. The Bertz CT molecular complexity index is 416. The van der Waals surface area contributed by atoms with E-state index in [9.17, 15) is 9.18 Å². The molecule has 2 atom stereocenters. The number of hydrogen-bond donors (Lipinski definition) is 1. The molecule has 98 valence electrons. The molecule has 1 heterocycles. The summed E-state index contributed by atoms with van der Waals surface area (Å²) in [6.07, 6.45) is 0.653. The second-order valence-electron chi connectivity index (χ2n) is 4.86. The van der Waals surface area contributed by atoms with E-state index in [0.29, 0.717) is 0 Å². The van der Waals surface area contributed by atoms with Crippen molar-refractivity contribution in [2.75, 3.05) is 6.54 Å². The zero-order valence-corrected chi connectivity index (χ0v) is 10.7. The van der Waals surface area contributed by atoms with E-state index >= 15 is 0 Å². The topological polar surface area (TPSA) is 38.3 Å². The van der Waals surface area contributed by atoms with Crippen LogP contribution in [0.25, 0.3) is 0 Å². The van der Waals surface area contributed by atoms with Gasteiger partial charge >= 0.3 is 5.97 Å². The molecule has 1 N–H and O–H groups in total. The van der Waals surface area contributed by atoms with Crippen molar-refractivity contribution in [1.29, 1.82) is 0 Å². The second kappa shape index (κ2) is 5.48. The van der Waals surface area contributed by atoms with Crippen LogP contribution in [0, 0.1) is 11.7 Å². The number of halogens is 1. The number of carbonyl (C=O) groups excluding carboxylic acids is 1. The predicted octanol–water partition coefficient (Wildman–Crippen LogP) is 2.43. The molecule has 1 fully saturated rings. The maximum Gasteiger partial charge on any atom is 0.311 e. The second-order valence-corrected chi connectivity index (χ2v) is 4.86. The van der Waals surface area contributed by atoms with Crippen LogP contribution in [0.3, 0.4) is 0 Å². The fourth-order valence-corrected chi connectivity index (χ4v) is 2.30. The molecule has 0 saturated carbocycles. The fraction of sp³-hybridized carbons (Fsp3) is 0.500. The van der Waals surface area contributed by atoms with Gasteiger partial charge in [0.2, 0.25) is 0 Å². The molecule has 18 heavy (non-hydrogen) atoms. The van der Waals surface area contributed by atoms with Crippen molar-refractivity contribution in [2.24, 2.45) is 5.92 Å². The lowest BCUT2D eigenvalue weighted by molar-refractivity contribution is -0.152. The van der Waals surface area contributed by atoms with Crippen LogP contribution in [0.1, 0.15) is 31.9 Å². The molecule has 1 saturated heterocycles.